The summed E-state index contributed by atoms with van der Waals surface area (Å²) in [7, 11) is 4.11. The Balaban J connectivity index is 0.000000429. The lowest BCUT2D eigenvalue weighted by molar-refractivity contribution is -0.192. The van der Waals surface area contributed by atoms with Crippen LogP contribution in [-0.4, -0.2) is 87.8 Å². The number of carboxylic acid groups (broad SMARTS) is 1. The van der Waals surface area contributed by atoms with Crippen LogP contribution in [-0.2, 0) is 22.6 Å². The Morgan fingerprint density at radius 2 is 1.74 bits per heavy atom. The molecule has 4 heterocycles. The molecule has 0 aliphatic carbocycles. The summed E-state index contributed by atoms with van der Waals surface area (Å²) in [5.41, 5.74) is 3.18. The second kappa shape index (κ2) is 11.2. The van der Waals surface area contributed by atoms with Crippen LogP contribution in [0.1, 0.15) is 11.1 Å². The fourth-order valence-electron chi connectivity index (χ4n) is 3.65. The lowest BCUT2D eigenvalue weighted by Gasteiger charge is -2.35. The summed E-state index contributed by atoms with van der Waals surface area (Å²) < 4.78 is 33.5. The zero-order valence-electron chi connectivity index (χ0n) is 19.4. The van der Waals surface area contributed by atoms with Crippen molar-refractivity contribution in [3.05, 3.63) is 60.0 Å². The van der Waals surface area contributed by atoms with Crippen LogP contribution in [0.15, 0.2) is 48.9 Å². The molecule has 0 aromatic carbocycles. The van der Waals surface area contributed by atoms with Crippen LogP contribution < -0.4 is 4.90 Å². The van der Waals surface area contributed by atoms with Gasteiger partial charge in [-0.1, -0.05) is 12.1 Å². The van der Waals surface area contributed by atoms with E-state index in [1.165, 1.54) is 5.56 Å². The number of carbonyl (C=O) groups excluding carboxylic acids is 1. The van der Waals surface area contributed by atoms with E-state index < -0.39 is 12.1 Å². The molecule has 1 aliphatic rings. The van der Waals surface area contributed by atoms with Crippen LogP contribution in [0.3, 0.4) is 0 Å². The molecule has 0 saturated carbocycles. The van der Waals surface area contributed by atoms with Gasteiger partial charge in [0.25, 0.3) is 0 Å². The minimum Gasteiger partial charge on any atom is -0.475 e. The van der Waals surface area contributed by atoms with Gasteiger partial charge in [0, 0.05) is 50.7 Å². The van der Waals surface area contributed by atoms with Gasteiger partial charge >= 0.3 is 12.1 Å². The van der Waals surface area contributed by atoms with Gasteiger partial charge < -0.3 is 19.8 Å². The maximum atomic E-state index is 12.7. The van der Waals surface area contributed by atoms with Crippen LogP contribution in [0.4, 0.5) is 19.0 Å². The molecule has 0 spiro atoms. The SMILES string of the molecule is CN(C)Cc1ccc(N2CCN(C(=O)Cc3cnn4ccccc34)CC2)nc1.O=C(O)C(F)(F)F. The molecule has 1 N–H and O–H groups in total. The third kappa shape index (κ3) is 7.15. The van der Waals surface area contributed by atoms with Gasteiger partial charge in [-0.25, -0.2) is 14.3 Å². The average Bonchev–Trinajstić information content (AvgIpc) is 3.22. The predicted octanol–water partition coefficient (Wildman–Crippen LogP) is 2.32. The number of aromatic nitrogens is 3. The molecule has 35 heavy (non-hydrogen) atoms. The van der Waals surface area contributed by atoms with E-state index in [2.05, 4.69) is 46.1 Å². The van der Waals surface area contributed by atoms with Crippen molar-refractivity contribution in [3.63, 3.8) is 0 Å². The number of aliphatic carboxylic acids is 1. The quantitative estimate of drug-likeness (QED) is 0.584. The van der Waals surface area contributed by atoms with Crippen LogP contribution in [0.2, 0.25) is 0 Å². The number of halogens is 3. The highest BCUT2D eigenvalue weighted by atomic mass is 19.4. The first-order valence-electron chi connectivity index (χ1n) is 10.9. The Morgan fingerprint density at radius 1 is 1.06 bits per heavy atom. The molecule has 4 rings (SSSR count). The van der Waals surface area contributed by atoms with Crippen LogP contribution >= 0.6 is 0 Å². The number of alkyl halides is 3. The Hall–Kier alpha value is -3.67. The first-order valence-corrected chi connectivity index (χ1v) is 10.9. The molecule has 3 aromatic heterocycles. The van der Waals surface area contributed by atoms with Crippen molar-refractivity contribution in [1.29, 1.82) is 0 Å². The Bertz CT molecular complexity index is 1140. The van der Waals surface area contributed by atoms with E-state index in [-0.39, 0.29) is 5.91 Å². The van der Waals surface area contributed by atoms with Gasteiger partial charge in [-0.3, -0.25) is 4.79 Å². The highest BCUT2D eigenvalue weighted by Gasteiger charge is 2.38. The van der Waals surface area contributed by atoms with Crippen molar-refractivity contribution in [3.8, 4) is 0 Å². The van der Waals surface area contributed by atoms with Crippen molar-refractivity contribution in [2.24, 2.45) is 0 Å². The number of anilines is 1. The van der Waals surface area contributed by atoms with Crippen molar-refractivity contribution < 1.29 is 27.9 Å². The topological polar surface area (TPSA) is 94.3 Å². The molecule has 12 heteroatoms. The number of piperazine rings is 1. The number of carbonyl (C=O) groups is 2. The molecule has 1 saturated heterocycles. The largest absolute Gasteiger partial charge is 0.490 e. The second-order valence-corrected chi connectivity index (χ2v) is 8.31. The normalized spacial score (nSPS) is 14.1. The molecule has 0 radical (unpaired) electrons. The molecule has 3 aromatic rings. The molecular weight excluding hydrogens is 465 g/mol. The summed E-state index contributed by atoms with van der Waals surface area (Å²) in [5.74, 6) is -1.61. The average molecular weight is 493 g/mol. The summed E-state index contributed by atoms with van der Waals surface area (Å²) in [6.45, 7) is 3.94. The smallest absolute Gasteiger partial charge is 0.475 e. The molecule has 0 unspecified atom stereocenters. The van der Waals surface area contributed by atoms with Crippen LogP contribution in [0, 0.1) is 0 Å². The molecule has 0 atom stereocenters. The van der Waals surface area contributed by atoms with Crippen molar-refractivity contribution in [1.82, 2.24) is 24.4 Å². The lowest BCUT2D eigenvalue weighted by atomic mass is 10.1. The fraction of sp³-hybridized carbons (Fsp3) is 0.391. The highest BCUT2D eigenvalue weighted by Crippen LogP contribution is 2.17. The van der Waals surface area contributed by atoms with E-state index in [4.69, 9.17) is 9.90 Å². The molecule has 1 amide bonds. The molecule has 1 aliphatic heterocycles. The zero-order valence-corrected chi connectivity index (χ0v) is 19.4. The van der Waals surface area contributed by atoms with E-state index in [0.717, 1.165) is 49.6 Å². The third-order valence-corrected chi connectivity index (χ3v) is 5.35. The number of amides is 1. The Kier molecular flexibility index (Phi) is 8.28. The summed E-state index contributed by atoms with van der Waals surface area (Å²) >= 11 is 0. The highest BCUT2D eigenvalue weighted by molar-refractivity contribution is 5.81. The van der Waals surface area contributed by atoms with E-state index in [9.17, 15) is 18.0 Å². The monoisotopic (exact) mass is 492 g/mol. The van der Waals surface area contributed by atoms with Crippen molar-refractivity contribution in [2.45, 2.75) is 19.1 Å². The molecule has 9 nitrogen and oxygen atoms in total. The van der Waals surface area contributed by atoms with E-state index in [1.807, 2.05) is 40.0 Å². The predicted molar refractivity (Wildman–Crippen MR) is 123 cm³/mol. The fourth-order valence-corrected chi connectivity index (χ4v) is 3.65. The van der Waals surface area contributed by atoms with Gasteiger partial charge in [0.15, 0.2) is 0 Å². The van der Waals surface area contributed by atoms with Crippen LogP contribution in [0.25, 0.3) is 5.52 Å². The Labute approximate surface area is 200 Å². The van der Waals surface area contributed by atoms with Gasteiger partial charge in [0.05, 0.1) is 18.1 Å². The lowest BCUT2D eigenvalue weighted by Crippen LogP contribution is -2.49. The minimum atomic E-state index is -5.08. The maximum Gasteiger partial charge on any atom is 0.490 e. The van der Waals surface area contributed by atoms with Gasteiger partial charge in [0.1, 0.15) is 5.82 Å². The van der Waals surface area contributed by atoms with Gasteiger partial charge in [-0.15, -0.1) is 0 Å². The summed E-state index contributed by atoms with van der Waals surface area (Å²) in [4.78, 5) is 32.6. The standard InChI is InChI=1S/C21H26N6O.C2HF3O2/c1-24(2)16-17-6-7-20(22-14-17)25-9-11-26(12-10-25)21(28)13-18-15-23-27-8-4-3-5-19(18)27;3-2(4,5)1(6)7/h3-8,14-15H,9-13,16H2,1-2H3;(H,6,7). The minimum absolute atomic E-state index is 0.160. The number of rotatable bonds is 5. The van der Waals surface area contributed by atoms with E-state index in [1.54, 1.807) is 6.20 Å². The van der Waals surface area contributed by atoms with Gasteiger partial charge in [0.2, 0.25) is 5.91 Å². The van der Waals surface area contributed by atoms with Crippen LogP contribution in [0.5, 0.6) is 0 Å². The summed E-state index contributed by atoms with van der Waals surface area (Å²) in [6, 6.07) is 10.1. The number of carboxylic acids is 1. The second-order valence-electron chi connectivity index (χ2n) is 8.31. The number of nitrogens with zero attached hydrogens (tertiary/aromatic N) is 6. The number of hydrogen-bond donors (Lipinski definition) is 1. The molecule has 188 valence electrons. The Morgan fingerprint density at radius 3 is 2.31 bits per heavy atom. The van der Waals surface area contributed by atoms with Gasteiger partial charge in [-0.05, 0) is 37.9 Å². The molecule has 0 bridgehead atoms. The zero-order chi connectivity index (χ0) is 25.6. The maximum absolute atomic E-state index is 12.7. The number of pyridine rings is 2. The molecule has 1 fully saturated rings. The number of hydrogen-bond acceptors (Lipinski definition) is 6. The molecular formula is C23H27F3N6O3. The van der Waals surface area contributed by atoms with Gasteiger partial charge in [-0.2, -0.15) is 18.3 Å². The first-order chi connectivity index (χ1) is 16.5. The van der Waals surface area contributed by atoms with E-state index in [0.29, 0.717) is 6.42 Å². The van der Waals surface area contributed by atoms with Crippen molar-refractivity contribution in [2.75, 3.05) is 45.2 Å². The first kappa shape index (κ1) is 25.9. The van der Waals surface area contributed by atoms with E-state index >= 15 is 0 Å². The number of fused-ring (bicyclic) bond motifs is 1. The van der Waals surface area contributed by atoms with Crippen molar-refractivity contribution >= 4 is 23.2 Å². The summed E-state index contributed by atoms with van der Waals surface area (Å²) in [5, 5.41) is 11.4. The summed E-state index contributed by atoms with van der Waals surface area (Å²) in [6.07, 6.45) is 0.949. The third-order valence-electron chi connectivity index (χ3n) is 5.35.